The van der Waals surface area contributed by atoms with E-state index in [2.05, 4.69) is 11.2 Å². The molecule has 1 amide bonds. The Morgan fingerprint density at radius 1 is 1.07 bits per heavy atom. The molecular formula is C22H21ClN4O2S. The number of hydrogen-bond donors (Lipinski definition) is 0. The van der Waals surface area contributed by atoms with Gasteiger partial charge in [0.05, 0.1) is 22.4 Å². The van der Waals surface area contributed by atoms with Crippen molar-refractivity contribution < 1.29 is 4.79 Å². The number of carbonyl (C=O) groups excluding carboxylic acids is 1. The van der Waals surface area contributed by atoms with Gasteiger partial charge in [0.1, 0.15) is 5.02 Å². The summed E-state index contributed by atoms with van der Waals surface area (Å²) in [6.45, 7) is 2.43. The van der Waals surface area contributed by atoms with E-state index in [4.69, 9.17) is 11.6 Å². The minimum absolute atomic E-state index is 0.109. The molecule has 5 rings (SSSR count). The van der Waals surface area contributed by atoms with E-state index in [-0.39, 0.29) is 16.5 Å². The van der Waals surface area contributed by atoms with Crippen molar-refractivity contribution in [2.24, 2.45) is 0 Å². The Balaban J connectivity index is 1.30. The van der Waals surface area contributed by atoms with Crippen LogP contribution in [0.1, 0.15) is 26.5 Å². The third kappa shape index (κ3) is 3.42. The van der Waals surface area contributed by atoms with Crippen LogP contribution in [0, 0.1) is 0 Å². The van der Waals surface area contributed by atoms with Crippen LogP contribution < -0.4 is 10.5 Å². The average Bonchev–Trinajstić information content (AvgIpc) is 3.38. The van der Waals surface area contributed by atoms with E-state index in [0.29, 0.717) is 37.6 Å². The number of thiophene rings is 1. The second-order valence-corrected chi connectivity index (χ2v) is 9.10. The van der Waals surface area contributed by atoms with E-state index >= 15 is 0 Å². The van der Waals surface area contributed by atoms with Gasteiger partial charge < -0.3 is 9.80 Å². The summed E-state index contributed by atoms with van der Waals surface area (Å²) >= 11 is 8.07. The molecule has 154 valence electrons. The Morgan fingerprint density at radius 2 is 1.83 bits per heavy atom. The van der Waals surface area contributed by atoms with Crippen molar-refractivity contribution in [1.29, 1.82) is 0 Å². The van der Waals surface area contributed by atoms with E-state index in [0.717, 1.165) is 17.7 Å². The number of aryl methyl sites for hydroxylation is 2. The minimum atomic E-state index is -0.341. The molecule has 0 saturated carbocycles. The first-order valence-electron chi connectivity index (χ1n) is 10.1. The monoisotopic (exact) mass is 440 g/mol. The van der Waals surface area contributed by atoms with Gasteiger partial charge in [-0.15, -0.1) is 11.3 Å². The number of para-hydroxylation sites is 1. The maximum atomic E-state index is 12.9. The zero-order valence-corrected chi connectivity index (χ0v) is 18.0. The van der Waals surface area contributed by atoms with Gasteiger partial charge in [-0.25, -0.2) is 0 Å². The van der Waals surface area contributed by atoms with Crippen LogP contribution in [0.15, 0.2) is 47.4 Å². The second kappa shape index (κ2) is 7.89. The summed E-state index contributed by atoms with van der Waals surface area (Å²) < 4.78 is 1.31. The molecule has 0 radical (unpaired) electrons. The number of rotatable bonds is 3. The molecule has 0 N–H and O–H groups in total. The minimum Gasteiger partial charge on any atom is -0.365 e. The van der Waals surface area contributed by atoms with Crippen LogP contribution in [-0.2, 0) is 12.8 Å². The van der Waals surface area contributed by atoms with Gasteiger partial charge in [0.2, 0.25) is 0 Å². The van der Waals surface area contributed by atoms with E-state index in [1.54, 1.807) is 17.5 Å². The molecule has 3 heterocycles. The second-order valence-electron chi connectivity index (χ2n) is 7.59. The zero-order chi connectivity index (χ0) is 20.7. The summed E-state index contributed by atoms with van der Waals surface area (Å²) in [5.74, 6) is 0.109. The smallest absolute Gasteiger partial charge is 0.292 e. The Kier molecular flexibility index (Phi) is 5.08. The number of anilines is 1. The quantitative estimate of drug-likeness (QED) is 0.626. The van der Waals surface area contributed by atoms with Crippen molar-refractivity contribution in [2.75, 3.05) is 31.1 Å². The number of amides is 1. The molecule has 1 saturated heterocycles. The summed E-state index contributed by atoms with van der Waals surface area (Å²) in [7, 11) is 0. The summed E-state index contributed by atoms with van der Waals surface area (Å²) in [6, 6.07) is 11.3. The number of piperazine rings is 1. The molecule has 2 aromatic heterocycles. The molecule has 1 aromatic carbocycles. The van der Waals surface area contributed by atoms with Gasteiger partial charge in [0.25, 0.3) is 11.5 Å². The number of nitrogens with zero attached hydrogens (tertiary/aromatic N) is 4. The Labute approximate surface area is 183 Å². The third-order valence-electron chi connectivity index (χ3n) is 5.77. The van der Waals surface area contributed by atoms with E-state index in [9.17, 15) is 9.59 Å². The van der Waals surface area contributed by atoms with Crippen molar-refractivity contribution in [3.05, 3.63) is 73.3 Å². The third-order valence-corrected chi connectivity index (χ3v) is 7.35. The van der Waals surface area contributed by atoms with Gasteiger partial charge in [0.15, 0.2) is 0 Å². The fourth-order valence-electron chi connectivity index (χ4n) is 4.14. The number of halogens is 1. The van der Waals surface area contributed by atoms with Crippen LogP contribution >= 0.6 is 22.9 Å². The first kappa shape index (κ1) is 19.3. The lowest BCUT2D eigenvalue weighted by Gasteiger charge is -2.36. The SMILES string of the molecule is O=C(c1cc2c(s1)CCC2)N1CCN(c2cnn(-c3ccccc3)c(=O)c2Cl)CC1. The van der Waals surface area contributed by atoms with E-state index in [1.807, 2.05) is 40.1 Å². The maximum Gasteiger partial charge on any atom is 0.292 e. The van der Waals surface area contributed by atoms with Crippen molar-refractivity contribution in [2.45, 2.75) is 19.3 Å². The summed E-state index contributed by atoms with van der Waals surface area (Å²) in [5.41, 5.74) is 2.30. The highest BCUT2D eigenvalue weighted by atomic mass is 35.5. The topological polar surface area (TPSA) is 58.4 Å². The summed E-state index contributed by atoms with van der Waals surface area (Å²) in [6.07, 6.45) is 5.03. The largest absolute Gasteiger partial charge is 0.365 e. The highest BCUT2D eigenvalue weighted by Crippen LogP contribution is 2.31. The number of aromatic nitrogens is 2. The molecule has 0 atom stereocenters. The molecule has 0 spiro atoms. The van der Waals surface area contributed by atoms with Gasteiger partial charge >= 0.3 is 0 Å². The van der Waals surface area contributed by atoms with Gasteiger partial charge in [-0.05, 0) is 43.0 Å². The lowest BCUT2D eigenvalue weighted by atomic mass is 10.2. The van der Waals surface area contributed by atoms with E-state index in [1.165, 1.54) is 21.5 Å². The number of benzene rings is 1. The lowest BCUT2D eigenvalue weighted by Crippen LogP contribution is -2.49. The van der Waals surface area contributed by atoms with Crippen LogP contribution in [0.4, 0.5) is 5.69 Å². The molecule has 0 bridgehead atoms. The fourth-order valence-corrected chi connectivity index (χ4v) is 5.61. The summed E-state index contributed by atoms with van der Waals surface area (Å²) in [5, 5.41) is 4.47. The Bertz CT molecular complexity index is 1130. The lowest BCUT2D eigenvalue weighted by molar-refractivity contribution is 0.0751. The summed E-state index contributed by atoms with van der Waals surface area (Å²) in [4.78, 5) is 31.8. The standard InChI is InChI=1S/C22H21ClN4O2S/c23-20-17(14-24-27(22(20)29)16-6-2-1-3-7-16)25-9-11-26(12-10-25)21(28)19-13-15-5-4-8-18(15)30-19/h1-3,6-7,13-14H,4-5,8-12H2. The first-order chi connectivity index (χ1) is 14.6. The normalized spacial score (nSPS) is 16.0. The predicted molar refractivity (Wildman–Crippen MR) is 119 cm³/mol. The van der Waals surface area contributed by atoms with Crippen molar-refractivity contribution in [3.63, 3.8) is 0 Å². The number of fused-ring (bicyclic) bond motifs is 1. The number of hydrogen-bond acceptors (Lipinski definition) is 5. The highest BCUT2D eigenvalue weighted by Gasteiger charge is 2.27. The molecule has 0 unspecified atom stereocenters. The molecule has 8 heteroatoms. The number of carbonyl (C=O) groups is 1. The van der Waals surface area contributed by atoms with Crippen LogP contribution in [0.25, 0.3) is 5.69 Å². The molecule has 3 aromatic rings. The Hall–Kier alpha value is -2.64. The van der Waals surface area contributed by atoms with Crippen LogP contribution in [0.5, 0.6) is 0 Å². The first-order valence-corrected chi connectivity index (χ1v) is 11.3. The van der Waals surface area contributed by atoms with Crippen LogP contribution in [0.3, 0.4) is 0 Å². The van der Waals surface area contributed by atoms with Crippen LogP contribution in [0.2, 0.25) is 5.02 Å². The molecule has 1 fully saturated rings. The molecular weight excluding hydrogens is 420 g/mol. The van der Waals surface area contributed by atoms with Gasteiger partial charge in [-0.1, -0.05) is 29.8 Å². The highest BCUT2D eigenvalue weighted by molar-refractivity contribution is 7.14. The van der Waals surface area contributed by atoms with Crippen molar-refractivity contribution in [1.82, 2.24) is 14.7 Å². The molecule has 1 aliphatic heterocycles. The maximum absolute atomic E-state index is 12.9. The average molecular weight is 441 g/mol. The van der Waals surface area contributed by atoms with Crippen molar-refractivity contribution >= 4 is 34.5 Å². The molecule has 2 aliphatic rings. The molecule has 1 aliphatic carbocycles. The predicted octanol–water partition coefficient (Wildman–Crippen LogP) is 3.40. The van der Waals surface area contributed by atoms with E-state index < -0.39 is 0 Å². The van der Waals surface area contributed by atoms with Gasteiger partial charge in [-0.3, -0.25) is 9.59 Å². The van der Waals surface area contributed by atoms with Crippen LogP contribution in [-0.4, -0.2) is 46.8 Å². The van der Waals surface area contributed by atoms with Crippen molar-refractivity contribution in [3.8, 4) is 5.69 Å². The molecule has 30 heavy (non-hydrogen) atoms. The van der Waals surface area contributed by atoms with Gasteiger partial charge in [0, 0.05) is 31.1 Å². The Morgan fingerprint density at radius 3 is 2.57 bits per heavy atom. The zero-order valence-electron chi connectivity index (χ0n) is 16.4. The van der Waals surface area contributed by atoms with Gasteiger partial charge in [-0.2, -0.15) is 9.78 Å². The molecule has 6 nitrogen and oxygen atoms in total. The fraction of sp³-hybridized carbons (Fsp3) is 0.318.